The lowest BCUT2D eigenvalue weighted by atomic mass is 10.1. The van der Waals surface area contributed by atoms with Crippen LogP contribution in [0.15, 0.2) is 0 Å². The van der Waals surface area contributed by atoms with Crippen LogP contribution in [-0.2, 0) is 6.54 Å². The Hall–Kier alpha value is -0.500. The van der Waals surface area contributed by atoms with Gasteiger partial charge in [0, 0.05) is 17.8 Å². The number of unbranched alkanes of at least 4 members (excludes halogenated alkanes) is 7. The molecule has 0 fully saturated rings. The van der Waals surface area contributed by atoms with E-state index in [4.69, 9.17) is 11.6 Å². The maximum Gasteiger partial charge on any atom is 0.0643 e. The highest BCUT2D eigenvalue weighted by Gasteiger charge is 2.17. The zero-order chi connectivity index (χ0) is 15.7. The molecule has 1 aromatic rings. The lowest BCUT2D eigenvalue weighted by Crippen LogP contribution is -2.03. The smallest absolute Gasteiger partial charge is 0.0643 e. The van der Waals surface area contributed by atoms with Crippen molar-refractivity contribution in [1.29, 1.82) is 0 Å². The minimum Gasteiger partial charge on any atom is -0.269 e. The van der Waals surface area contributed by atoms with E-state index in [-0.39, 0.29) is 5.38 Å². The van der Waals surface area contributed by atoms with Crippen LogP contribution >= 0.6 is 11.6 Å². The molecule has 0 aliphatic rings. The first-order valence-corrected chi connectivity index (χ1v) is 9.23. The number of rotatable bonds is 11. The maximum absolute atomic E-state index is 6.41. The Labute approximate surface area is 136 Å². The minimum absolute atomic E-state index is 0.109. The second kappa shape index (κ2) is 10.3. The Morgan fingerprint density at radius 3 is 2.10 bits per heavy atom. The van der Waals surface area contributed by atoms with Crippen molar-refractivity contribution in [1.82, 2.24) is 9.78 Å². The number of hydrogen-bond donors (Lipinski definition) is 0. The summed E-state index contributed by atoms with van der Waals surface area (Å²) in [5.41, 5.74) is 3.62. The molecule has 1 unspecified atom stereocenters. The third-order valence-electron chi connectivity index (χ3n) is 4.33. The highest BCUT2D eigenvalue weighted by molar-refractivity contribution is 6.20. The van der Waals surface area contributed by atoms with E-state index in [9.17, 15) is 0 Å². The molecule has 0 N–H and O–H groups in total. The zero-order valence-corrected chi connectivity index (χ0v) is 15.2. The summed E-state index contributed by atoms with van der Waals surface area (Å²) in [6, 6.07) is 0. The fourth-order valence-corrected chi connectivity index (χ4v) is 3.30. The number of hydrogen-bond acceptors (Lipinski definition) is 1. The average molecular weight is 313 g/mol. The monoisotopic (exact) mass is 312 g/mol. The van der Waals surface area contributed by atoms with Crippen molar-refractivity contribution in [3.63, 3.8) is 0 Å². The van der Waals surface area contributed by atoms with Gasteiger partial charge in [-0.3, -0.25) is 4.68 Å². The van der Waals surface area contributed by atoms with Crippen LogP contribution < -0.4 is 0 Å². The standard InChI is InChI=1S/C18H33ClN2/c1-5-7-8-9-10-11-12-13-14-21-16(4)18(15(3)20-21)17(19)6-2/h17H,5-14H2,1-4H3. The largest absolute Gasteiger partial charge is 0.269 e. The van der Waals surface area contributed by atoms with Crippen molar-refractivity contribution in [3.8, 4) is 0 Å². The molecule has 0 aliphatic heterocycles. The van der Waals surface area contributed by atoms with Gasteiger partial charge < -0.3 is 0 Å². The molecule has 2 nitrogen and oxygen atoms in total. The molecule has 3 heteroatoms. The van der Waals surface area contributed by atoms with E-state index in [0.717, 1.165) is 18.7 Å². The lowest BCUT2D eigenvalue weighted by molar-refractivity contribution is 0.511. The average Bonchev–Trinajstić information content (AvgIpc) is 2.75. The number of aromatic nitrogens is 2. The van der Waals surface area contributed by atoms with E-state index in [2.05, 4.69) is 37.5 Å². The van der Waals surface area contributed by atoms with Crippen LogP contribution in [0.3, 0.4) is 0 Å². The van der Waals surface area contributed by atoms with E-state index in [0.29, 0.717) is 0 Å². The molecule has 1 rings (SSSR count). The molecule has 1 heterocycles. The van der Waals surface area contributed by atoms with Crippen molar-refractivity contribution in [2.75, 3.05) is 0 Å². The molecule has 21 heavy (non-hydrogen) atoms. The Kier molecular flexibility index (Phi) is 9.07. The van der Waals surface area contributed by atoms with Gasteiger partial charge >= 0.3 is 0 Å². The van der Waals surface area contributed by atoms with Gasteiger partial charge in [0.25, 0.3) is 0 Å². The van der Waals surface area contributed by atoms with Crippen molar-refractivity contribution < 1.29 is 0 Å². The second-order valence-corrected chi connectivity index (χ2v) is 6.69. The lowest BCUT2D eigenvalue weighted by Gasteiger charge is -2.08. The molecule has 0 aliphatic carbocycles. The Balaban J connectivity index is 2.30. The van der Waals surface area contributed by atoms with Gasteiger partial charge in [-0.25, -0.2) is 0 Å². The van der Waals surface area contributed by atoms with Gasteiger partial charge in [-0.1, -0.05) is 58.8 Å². The molecule has 0 aromatic carbocycles. The number of nitrogens with zero attached hydrogens (tertiary/aromatic N) is 2. The van der Waals surface area contributed by atoms with E-state index >= 15 is 0 Å². The van der Waals surface area contributed by atoms with Crippen LogP contribution in [0.2, 0.25) is 0 Å². The Bertz CT molecular complexity index is 398. The fraction of sp³-hybridized carbons (Fsp3) is 0.833. The molecule has 1 atom stereocenters. The first-order chi connectivity index (χ1) is 10.1. The molecule has 0 amide bonds. The van der Waals surface area contributed by atoms with Crippen LogP contribution in [0, 0.1) is 13.8 Å². The Morgan fingerprint density at radius 2 is 1.52 bits per heavy atom. The molecule has 1 aromatic heterocycles. The number of alkyl halides is 1. The van der Waals surface area contributed by atoms with Gasteiger partial charge in [-0.2, -0.15) is 5.10 Å². The second-order valence-electron chi connectivity index (χ2n) is 6.16. The predicted molar refractivity (Wildman–Crippen MR) is 93.2 cm³/mol. The van der Waals surface area contributed by atoms with E-state index in [1.165, 1.54) is 62.6 Å². The van der Waals surface area contributed by atoms with Crippen LogP contribution in [0.25, 0.3) is 0 Å². The first kappa shape index (κ1) is 18.5. The highest BCUT2D eigenvalue weighted by Crippen LogP contribution is 2.29. The van der Waals surface area contributed by atoms with Gasteiger partial charge in [0.1, 0.15) is 0 Å². The van der Waals surface area contributed by atoms with Gasteiger partial charge in [-0.05, 0) is 26.7 Å². The highest BCUT2D eigenvalue weighted by atomic mass is 35.5. The summed E-state index contributed by atoms with van der Waals surface area (Å²) in [5.74, 6) is 0. The Morgan fingerprint density at radius 1 is 0.952 bits per heavy atom. The molecule has 0 bridgehead atoms. The minimum atomic E-state index is 0.109. The summed E-state index contributed by atoms with van der Waals surface area (Å²) in [4.78, 5) is 0. The topological polar surface area (TPSA) is 17.8 Å². The van der Waals surface area contributed by atoms with E-state index in [1.54, 1.807) is 0 Å². The van der Waals surface area contributed by atoms with Crippen LogP contribution in [0.1, 0.15) is 94.0 Å². The van der Waals surface area contributed by atoms with Crippen molar-refractivity contribution in [2.45, 2.75) is 97.4 Å². The van der Waals surface area contributed by atoms with Gasteiger partial charge in [0.15, 0.2) is 0 Å². The zero-order valence-electron chi connectivity index (χ0n) is 14.4. The number of halogens is 1. The predicted octanol–water partition coefficient (Wildman–Crippen LogP) is 6.33. The summed E-state index contributed by atoms with van der Waals surface area (Å²) in [6.45, 7) is 9.68. The summed E-state index contributed by atoms with van der Waals surface area (Å²) >= 11 is 6.41. The van der Waals surface area contributed by atoms with Crippen LogP contribution in [0.4, 0.5) is 0 Å². The SMILES string of the molecule is CCCCCCCCCCn1nc(C)c(C(Cl)CC)c1C. The fourth-order valence-electron chi connectivity index (χ4n) is 2.98. The summed E-state index contributed by atoms with van der Waals surface area (Å²) < 4.78 is 2.16. The summed E-state index contributed by atoms with van der Waals surface area (Å²) in [5, 5.41) is 4.78. The van der Waals surface area contributed by atoms with Gasteiger partial charge in [0.2, 0.25) is 0 Å². The van der Waals surface area contributed by atoms with E-state index < -0.39 is 0 Å². The normalized spacial score (nSPS) is 12.8. The van der Waals surface area contributed by atoms with Gasteiger partial charge in [-0.15, -0.1) is 11.6 Å². The molecule has 0 spiro atoms. The van der Waals surface area contributed by atoms with Crippen LogP contribution in [0.5, 0.6) is 0 Å². The van der Waals surface area contributed by atoms with Crippen molar-refractivity contribution >= 4 is 11.6 Å². The van der Waals surface area contributed by atoms with Crippen molar-refractivity contribution in [2.24, 2.45) is 0 Å². The summed E-state index contributed by atoms with van der Waals surface area (Å²) in [6.07, 6.45) is 11.8. The molecule has 0 saturated heterocycles. The third-order valence-corrected chi connectivity index (χ3v) is 4.86. The molecule has 0 radical (unpaired) electrons. The molecular formula is C18H33ClN2. The summed E-state index contributed by atoms with van der Waals surface area (Å²) in [7, 11) is 0. The molecule has 122 valence electrons. The molecule has 0 saturated carbocycles. The van der Waals surface area contributed by atoms with Gasteiger partial charge in [0.05, 0.1) is 11.1 Å². The first-order valence-electron chi connectivity index (χ1n) is 8.79. The third kappa shape index (κ3) is 6.02. The van der Waals surface area contributed by atoms with E-state index in [1.807, 2.05) is 0 Å². The van der Waals surface area contributed by atoms with Crippen LogP contribution in [-0.4, -0.2) is 9.78 Å². The quantitative estimate of drug-likeness (QED) is 0.345. The molecular weight excluding hydrogens is 280 g/mol. The van der Waals surface area contributed by atoms with Crippen molar-refractivity contribution in [3.05, 3.63) is 17.0 Å². The maximum atomic E-state index is 6.41. The number of aryl methyl sites for hydroxylation is 2.